The van der Waals surface area contributed by atoms with Gasteiger partial charge < -0.3 is 20.2 Å². The van der Waals surface area contributed by atoms with Gasteiger partial charge in [-0.05, 0) is 14.1 Å². The van der Waals surface area contributed by atoms with Crippen molar-refractivity contribution in [2.45, 2.75) is 6.04 Å². The zero-order valence-corrected chi connectivity index (χ0v) is 11.5. The van der Waals surface area contributed by atoms with Gasteiger partial charge in [-0.3, -0.25) is 0 Å². The number of nitrogens with one attached hydrogen (secondary N) is 1. The van der Waals surface area contributed by atoms with E-state index in [0.29, 0.717) is 19.6 Å². The number of rotatable bonds is 5. The monoisotopic (exact) mass is 282 g/mol. The van der Waals surface area contributed by atoms with Crippen LogP contribution in [0.1, 0.15) is 16.5 Å². The second-order valence-corrected chi connectivity index (χ2v) is 4.98. The van der Waals surface area contributed by atoms with E-state index >= 15 is 0 Å². The number of likely N-dealkylation sites (tertiary alicyclic amines) is 1. The van der Waals surface area contributed by atoms with E-state index in [1.165, 1.54) is 10.9 Å². The Labute approximate surface area is 116 Å². The Morgan fingerprint density at radius 3 is 2.75 bits per heavy atom. The Morgan fingerprint density at radius 1 is 1.50 bits per heavy atom. The third-order valence-electron chi connectivity index (χ3n) is 3.09. The van der Waals surface area contributed by atoms with Crippen LogP contribution in [0.15, 0.2) is 6.20 Å². The highest BCUT2D eigenvalue weighted by Gasteiger charge is 2.32. The van der Waals surface area contributed by atoms with Gasteiger partial charge in [-0.1, -0.05) is 5.21 Å². The molecule has 9 nitrogen and oxygen atoms in total. The first-order valence-corrected chi connectivity index (χ1v) is 6.30. The van der Waals surface area contributed by atoms with Gasteiger partial charge >= 0.3 is 12.0 Å². The molecule has 1 fully saturated rings. The van der Waals surface area contributed by atoms with E-state index in [2.05, 4.69) is 15.6 Å². The molecule has 2 N–H and O–H groups in total. The van der Waals surface area contributed by atoms with Crippen molar-refractivity contribution in [3.8, 4) is 0 Å². The first-order valence-electron chi connectivity index (χ1n) is 6.30. The number of hydrogen-bond acceptors (Lipinski definition) is 5. The van der Waals surface area contributed by atoms with Gasteiger partial charge in [0.05, 0.1) is 12.2 Å². The van der Waals surface area contributed by atoms with Crippen LogP contribution in [0.3, 0.4) is 0 Å². The Hall–Kier alpha value is -2.16. The Bertz CT molecular complexity index is 494. The van der Waals surface area contributed by atoms with Crippen molar-refractivity contribution in [1.29, 1.82) is 0 Å². The number of carbonyl (C=O) groups is 2. The molecule has 0 aliphatic carbocycles. The van der Waals surface area contributed by atoms with Crippen molar-refractivity contribution in [3.05, 3.63) is 11.9 Å². The minimum atomic E-state index is -1.10. The quantitative estimate of drug-likeness (QED) is 0.725. The number of urea groups is 1. The van der Waals surface area contributed by atoms with E-state index in [4.69, 9.17) is 5.11 Å². The lowest BCUT2D eigenvalue weighted by atomic mass is 10.1. The molecule has 0 aromatic carbocycles. The van der Waals surface area contributed by atoms with Crippen molar-refractivity contribution in [2.75, 3.05) is 40.3 Å². The summed E-state index contributed by atoms with van der Waals surface area (Å²) in [6.45, 7) is 2.40. The molecule has 2 rings (SSSR count). The maximum absolute atomic E-state index is 11.8. The van der Waals surface area contributed by atoms with Crippen LogP contribution in [0.2, 0.25) is 0 Å². The summed E-state index contributed by atoms with van der Waals surface area (Å²) in [6, 6.07) is -0.114. The third kappa shape index (κ3) is 3.23. The number of carboxylic acids is 1. The Morgan fingerprint density at radius 2 is 2.20 bits per heavy atom. The molecule has 0 saturated carbocycles. The van der Waals surface area contributed by atoms with Gasteiger partial charge in [0.15, 0.2) is 5.69 Å². The number of aromatic nitrogens is 3. The second kappa shape index (κ2) is 5.87. The number of likely N-dealkylation sites (N-methyl/N-ethyl adjacent to an activating group) is 1. The average molecular weight is 282 g/mol. The minimum Gasteiger partial charge on any atom is -0.476 e. The molecule has 0 atom stereocenters. The van der Waals surface area contributed by atoms with Gasteiger partial charge in [0.2, 0.25) is 0 Å². The summed E-state index contributed by atoms with van der Waals surface area (Å²) in [4.78, 5) is 26.1. The minimum absolute atomic E-state index is 0.00445. The third-order valence-corrected chi connectivity index (χ3v) is 3.09. The fourth-order valence-electron chi connectivity index (χ4n) is 1.84. The number of nitrogens with zero attached hydrogens (tertiary/aromatic N) is 5. The lowest BCUT2D eigenvalue weighted by molar-refractivity contribution is 0.0690. The van der Waals surface area contributed by atoms with Gasteiger partial charge in [-0.2, -0.15) is 0 Å². The van der Waals surface area contributed by atoms with Crippen LogP contribution in [0.25, 0.3) is 0 Å². The molecule has 0 unspecified atom stereocenters. The highest BCUT2D eigenvalue weighted by molar-refractivity contribution is 5.84. The molecule has 1 saturated heterocycles. The lowest BCUT2D eigenvalue weighted by Gasteiger charge is -2.38. The van der Waals surface area contributed by atoms with Crippen LogP contribution in [-0.4, -0.2) is 82.2 Å². The molecule has 1 aliphatic heterocycles. The van der Waals surface area contributed by atoms with Gasteiger partial charge in [0, 0.05) is 26.2 Å². The molecular weight excluding hydrogens is 264 g/mol. The predicted molar refractivity (Wildman–Crippen MR) is 69.5 cm³/mol. The molecule has 1 aromatic heterocycles. The summed E-state index contributed by atoms with van der Waals surface area (Å²) in [7, 11) is 3.88. The van der Waals surface area contributed by atoms with Gasteiger partial charge in [0.25, 0.3) is 0 Å². The number of amides is 2. The van der Waals surface area contributed by atoms with Crippen molar-refractivity contribution in [3.63, 3.8) is 0 Å². The molecular formula is C11H18N6O3. The number of carbonyl (C=O) groups excluding carboxylic acids is 1. The zero-order chi connectivity index (χ0) is 14.7. The lowest BCUT2D eigenvalue weighted by Crippen LogP contribution is -2.55. The summed E-state index contributed by atoms with van der Waals surface area (Å²) >= 11 is 0. The van der Waals surface area contributed by atoms with E-state index in [1.807, 2.05) is 19.0 Å². The normalized spacial score (nSPS) is 15.2. The van der Waals surface area contributed by atoms with Crippen LogP contribution >= 0.6 is 0 Å². The highest BCUT2D eigenvalue weighted by Crippen LogP contribution is 2.20. The van der Waals surface area contributed by atoms with E-state index < -0.39 is 5.97 Å². The van der Waals surface area contributed by atoms with E-state index in [-0.39, 0.29) is 17.8 Å². The molecule has 0 bridgehead atoms. The summed E-state index contributed by atoms with van der Waals surface area (Å²) in [5, 5.41) is 18.9. The van der Waals surface area contributed by atoms with Crippen molar-refractivity contribution in [1.82, 2.24) is 30.1 Å². The van der Waals surface area contributed by atoms with Crippen LogP contribution in [0.4, 0.5) is 4.79 Å². The SMILES string of the molecule is CN(C)CCNC(=O)N1CC(n2cc(C(=O)O)nn2)C1. The summed E-state index contributed by atoms with van der Waals surface area (Å²) in [6.07, 6.45) is 1.38. The molecule has 0 radical (unpaired) electrons. The Balaban J connectivity index is 1.76. The molecule has 2 heterocycles. The molecule has 1 aliphatic rings. The van der Waals surface area contributed by atoms with Gasteiger partial charge in [-0.25, -0.2) is 14.3 Å². The van der Waals surface area contributed by atoms with Crippen molar-refractivity contribution in [2.24, 2.45) is 0 Å². The standard InChI is InChI=1S/C11H18N6O3/c1-15(2)4-3-12-11(20)16-5-8(6-16)17-7-9(10(18)19)13-14-17/h7-8H,3-6H2,1-2H3,(H,12,20)(H,18,19). The first kappa shape index (κ1) is 14.3. The van der Waals surface area contributed by atoms with Crippen molar-refractivity contribution < 1.29 is 14.7 Å². The van der Waals surface area contributed by atoms with Crippen LogP contribution in [-0.2, 0) is 0 Å². The first-order chi connectivity index (χ1) is 9.47. The van der Waals surface area contributed by atoms with Gasteiger partial charge in [0.1, 0.15) is 0 Å². The number of aromatic carboxylic acids is 1. The predicted octanol–water partition coefficient (Wildman–Crippen LogP) is -0.896. The fourth-order valence-corrected chi connectivity index (χ4v) is 1.84. The smallest absolute Gasteiger partial charge is 0.358 e. The van der Waals surface area contributed by atoms with E-state index in [0.717, 1.165) is 6.54 Å². The summed E-state index contributed by atoms with van der Waals surface area (Å²) in [5.74, 6) is -1.10. The number of hydrogen-bond donors (Lipinski definition) is 2. The van der Waals surface area contributed by atoms with E-state index in [9.17, 15) is 9.59 Å². The molecule has 110 valence electrons. The van der Waals surface area contributed by atoms with Gasteiger partial charge in [-0.15, -0.1) is 5.10 Å². The van der Waals surface area contributed by atoms with Crippen LogP contribution < -0.4 is 5.32 Å². The molecule has 2 amide bonds. The Kier molecular flexibility index (Phi) is 4.18. The van der Waals surface area contributed by atoms with Crippen LogP contribution in [0, 0.1) is 0 Å². The number of carboxylic acid groups (broad SMARTS) is 1. The summed E-state index contributed by atoms with van der Waals surface area (Å²) in [5.41, 5.74) is -0.0844. The maximum Gasteiger partial charge on any atom is 0.358 e. The molecule has 9 heteroatoms. The highest BCUT2D eigenvalue weighted by atomic mass is 16.4. The maximum atomic E-state index is 11.8. The average Bonchev–Trinajstić information content (AvgIpc) is 2.75. The molecule has 20 heavy (non-hydrogen) atoms. The van der Waals surface area contributed by atoms with Crippen LogP contribution in [0.5, 0.6) is 0 Å². The summed E-state index contributed by atoms with van der Waals surface area (Å²) < 4.78 is 1.49. The molecule has 1 aromatic rings. The zero-order valence-electron chi connectivity index (χ0n) is 11.5. The second-order valence-electron chi connectivity index (χ2n) is 4.98. The molecule has 0 spiro atoms. The van der Waals surface area contributed by atoms with E-state index in [1.54, 1.807) is 4.90 Å². The van der Waals surface area contributed by atoms with Crippen molar-refractivity contribution >= 4 is 12.0 Å². The fraction of sp³-hybridized carbons (Fsp3) is 0.636. The largest absolute Gasteiger partial charge is 0.476 e. The topological polar surface area (TPSA) is 104 Å².